The Bertz CT molecular complexity index is 766. The minimum absolute atomic E-state index is 0.0651. The molecule has 0 aliphatic heterocycles. The summed E-state index contributed by atoms with van der Waals surface area (Å²) in [6, 6.07) is 18.5. The smallest absolute Gasteiger partial charge is 0.414 e. The molecule has 2 aromatic rings. The normalized spacial score (nSPS) is 9.73. The number of aliphatic imine (C=N–C) groups is 1. The summed E-state index contributed by atoms with van der Waals surface area (Å²) in [4.78, 5) is 28.3. The number of rotatable bonds is 9. The van der Waals surface area contributed by atoms with Crippen molar-refractivity contribution >= 4 is 18.1 Å². The van der Waals surface area contributed by atoms with Crippen LogP contribution in [0, 0.1) is 0 Å². The van der Waals surface area contributed by atoms with E-state index in [0.717, 1.165) is 11.1 Å². The van der Waals surface area contributed by atoms with Crippen molar-refractivity contribution in [3.05, 3.63) is 84.6 Å². The van der Waals surface area contributed by atoms with Gasteiger partial charge in [-0.25, -0.2) is 9.59 Å². The molecule has 0 saturated heterocycles. The average Bonchev–Trinajstić information content (AvgIpc) is 2.77. The Labute approximate surface area is 175 Å². The van der Waals surface area contributed by atoms with E-state index in [1.165, 1.54) is 6.26 Å². The minimum Gasteiger partial charge on any atom is -0.502 e. The molecule has 0 atom stereocenters. The average molecular weight is 411 g/mol. The van der Waals surface area contributed by atoms with Gasteiger partial charge in [-0.3, -0.25) is 15.6 Å². The maximum atomic E-state index is 12.1. The number of hydrogen-bond donors (Lipinski definition) is 2. The molecule has 2 N–H and O–H groups in total. The Hall–Kier alpha value is -3.81. The second kappa shape index (κ2) is 13.4. The van der Waals surface area contributed by atoms with Gasteiger partial charge in [0.05, 0.1) is 12.9 Å². The van der Waals surface area contributed by atoms with E-state index in [2.05, 4.69) is 22.2 Å². The number of nitrogens with one attached hydrogen (secondary N) is 2. The number of alkyl carbamates (subject to hydrolysis) is 2. The molecular weight excluding hydrogens is 386 g/mol. The molecule has 8 heteroatoms. The second-order valence-corrected chi connectivity index (χ2v) is 5.99. The van der Waals surface area contributed by atoms with Crippen LogP contribution in [0.3, 0.4) is 0 Å². The Kier molecular flexibility index (Phi) is 10.0. The first kappa shape index (κ1) is 22.5. The van der Waals surface area contributed by atoms with Gasteiger partial charge in [0.2, 0.25) is 5.96 Å². The highest BCUT2D eigenvalue weighted by atomic mass is 16.6. The maximum Gasteiger partial charge on any atom is 0.414 e. The maximum absolute atomic E-state index is 12.1. The predicted octanol–water partition coefficient (Wildman–Crippen LogP) is 3.75. The molecule has 2 rings (SSSR count). The molecule has 0 bridgehead atoms. The molecule has 8 nitrogen and oxygen atoms in total. The summed E-state index contributed by atoms with van der Waals surface area (Å²) in [5.74, 6) is -0.0651. The van der Waals surface area contributed by atoms with Crippen molar-refractivity contribution in [1.82, 2.24) is 10.6 Å². The van der Waals surface area contributed by atoms with Crippen molar-refractivity contribution in [3.8, 4) is 0 Å². The predicted molar refractivity (Wildman–Crippen MR) is 113 cm³/mol. The number of guanidine groups is 1. The number of ether oxygens (including phenoxy) is 3. The van der Waals surface area contributed by atoms with Crippen molar-refractivity contribution in [2.75, 3.05) is 13.2 Å². The summed E-state index contributed by atoms with van der Waals surface area (Å²) in [6.07, 6.45) is 0.409. The number of nitrogens with zero attached hydrogens (tertiary/aromatic N) is 1. The molecule has 0 aliphatic carbocycles. The van der Waals surface area contributed by atoms with Gasteiger partial charge in [0.15, 0.2) is 0 Å². The van der Waals surface area contributed by atoms with Crippen LogP contribution in [0.15, 0.2) is 78.5 Å². The first-order chi connectivity index (χ1) is 14.7. The molecule has 0 heterocycles. The highest BCUT2D eigenvalue weighted by Crippen LogP contribution is 2.01. The van der Waals surface area contributed by atoms with Crippen molar-refractivity contribution in [3.63, 3.8) is 0 Å². The molecule has 0 unspecified atom stereocenters. The van der Waals surface area contributed by atoms with E-state index < -0.39 is 12.2 Å². The van der Waals surface area contributed by atoms with Gasteiger partial charge in [0, 0.05) is 13.0 Å². The Morgan fingerprint density at radius 2 is 1.37 bits per heavy atom. The van der Waals surface area contributed by atoms with Crippen LogP contribution in [0.25, 0.3) is 0 Å². The number of carbonyl (C=O) groups excluding carboxylic acids is 2. The largest absolute Gasteiger partial charge is 0.502 e. The summed E-state index contributed by atoms with van der Waals surface area (Å²) in [5, 5.41) is 4.85. The molecule has 0 radical (unpaired) electrons. The number of amides is 2. The van der Waals surface area contributed by atoms with Gasteiger partial charge in [-0.05, 0) is 11.1 Å². The van der Waals surface area contributed by atoms with Crippen LogP contribution < -0.4 is 10.6 Å². The summed E-state index contributed by atoms with van der Waals surface area (Å²) in [7, 11) is 0. The molecule has 0 aromatic heterocycles. The minimum atomic E-state index is -0.747. The Morgan fingerprint density at radius 1 is 0.867 bits per heavy atom. The van der Waals surface area contributed by atoms with E-state index >= 15 is 0 Å². The molecule has 30 heavy (non-hydrogen) atoms. The van der Waals surface area contributed by atoms with Crippen LogP contribution in [0.2, 0.25) is 0 Å². The van der Waals surface area contributed by atoms with Crippen molar-refractivity contribution in [1.29, 1.82) is 0 Å². The van der Waals surface area contributed by atoms with Crippen LogP contribution in [-0.2, 0) is 27.4 Å². The van der Waals surface area contributed by atoms with Crippen LogP contribution in [-0.4, -0.2) is 31.3 Å². The third kappa shape index (κ3) is 9.41. The lowest BCUT2D eigenvalue weighted by atomic mass is 10.2. The third-order valence-electron chi connectivity index (χ3n) is 3.67. The zero-order valence-electron chi connectivity index (χ0n) is 16.6. The molecular formula is C22H25N3O5. The van der Waals surface area contributed by atoms with Crippen LogP contribution in [0.5, 0.6) is 0 Å². The monoisotopic (exact) mass is 411 g/mol. The van der Waals surface area contributed by atoms with Gasteiger partial charge < -0.3 is 14.2 Å². The van der Waals surface area contributed by atoms with Crippen LogP contribution in [0.4, 0.5) is 9.59 Å². The van der Waals surface area contributed by atoms with Crippen molar-refractivity contribution < 1.29 is 23.8 Å². The van der Waals surface area contributed by atoms with E-state index in [9.17, 15) is 9.59 Å². The molecule has 158 valence electrons. The lowest BCUT2D eigenvalue weighted by Crippen LogP contribution is -2.44. The van der Waals surface area contributed by atoms with Gasteiger partial charge in [-0.15, -0.1) is 0 Å². The van der Waals surface area contributed by atoms with Gasteiger partial charge in [0.1, 0.15) is 13.2 Å². The second-order valence-electron chi connectivity index (χ2n) is 5.99. The standard InChI is InChI=1S/C22H25N3O5/c1-2-28-15-9-14-23-20(24-21(26)29-16-18-10-5-3-6-11-18)25-22(27)30-17-19-12-7-4-8-13-19/h2-8,10-13H,1,9,14-17H2,(H2,23,24,25,26,27). The first-order valence-corrected chi connectivity index (χ1v) is 9.39. The van der Waals surface area contributed by atoms with Crippen molar-refractivity contribution in [2.24, 2.45) is 4.99 Å². The lowest BCUT2D eigenvalue weighted by Gasteiger charge is -2.12. The van der Waals surface area contributed by atoms with Gasteiger partial charge in [-0.2, -0.15) is 0 Å². The van der Waals surface area contributed by atoms with E-state index in [4.69, 9.17) is 14.2 Å². The summed E-state index contributed by atoms with van der Waals surface area (Å²) in [5.41, 5.74) is 1.67. The van der Waals surface area contributed by atoms with E-state index in [1.54, 1.807) is 0 Å². The number of benzene rings is 2. The Balaban J connectivity index is 1.86. The topological polar surface area (TPSA) is 98.3 Å². The summed E-state index contributed by atoms with van der Waals surface area (Å²) >= 11 is 0. The van der Waals surface area contributed by atoms with Crippen molar-refractivity contribution in [2.45, 2.75) is 19.6 Å². The highest BCUT2D eigenvalue weighted by molar-refractivity contribution is 6.01. The lowest BCUT2D eigenvalue weighted by molar-refractivity contribution is 0.141. The molecule has 0 saturated carbocycles. The number of hydrogen-bond acceptors (Lipinski definition) is 6. The van der Waals surface area contributed by atoms with Gasteiger partial charge in [0.25, 0.3) is 0 Å². The SMILES string of the molecule is C=COCCCN=C(NC(=O)OCc1ccccc1)NC(=O)OCc1ccccc1. The zero-order chi connectivity index (χ0) is 21.4. The summed E-state index contributed by atoms with van der Waals surface area (Å²) in [6.45, 7) is 4.36. The van der Waals surface area contributed by atoms with Gasteiger partial charge in [-0.1, -0.05) is 67.2 Å². The fourth-order valence-electron chi connectivity index (χ4n) is 2.24. The van der Waals surface area contributed by atoms with Crippen LogP contribution >= 0.6 is 0 Å². The fraction of sp³-hybridized carbons (Fsp3) is 0.227. The van der Waals surface area contributed by atoms with Crippen LogP contribution in [0.1, 0.15) is 17.5 Å². The highest BCUT2D eigenvalue weighted by Gasteiger charge is 2.12. The molecule has 0 spiro atoms. The first-order valence-electron chi connectivity index (χ1n) is 9.39. The van der Waals surface area contributed by atoms with E-state index in [1.807, 2.05) is 60.7 Å². The van der Waals surface area contributed by atoms with E-state index in [-0.39, 0.29) is 19.2 Å². The quantitative estimate of drug-likeness (QED) is 0.283. The van der Waals surface area contributed by atoms with E-state index in [0.29, 0.717) is 19.6 Å². The molecule has 0 fully saturated rings. The summed E-state index contributed by atoms with van der Waals surface area (Å²) < 4.78 is 15.3. The third-order valence-corrected chi connectivity index (χ3v) is 3.67. The number of carbonyl (C=O) groups is 2. The fourth-order valence-corrected chi connectivity index (χ4v) is 2.24. The van der Waals surface area contributed by atoms with Gasteiger partial charge >= 0.3 is 12.2 Å². The molecule has 2 amide bonds. The zero-order valence-corrected chi connectivity index (χ0v) is 16.6. The molecule has 2 aromatic carbocycles. The Morgan fingerprint density at radius 3 is 1.83 bits per heavy atom. The molecule has 0 aliphatic rings.